The molecule has 0 aliphatic carbocycles. The summed E-state index contributed by atoms with van der Waals surface area (Å²) in [6, 6.07) is 15.7. The van der Waals surface area contributed by atoms with E-state index in [1.165, 1.54) is 37.5 Å². The molecule has 35 heavy (non-hydrogen) atoms. The number of nitrogens with one attached hydrogen (secondary N) is 1. The first kappa shape index (κ1) is 24.7. The van der Waals surface area contributed by atoms with Crippen LogP contribution >= 0.6 is 38.5 Å². The molecule has 1 aliphatic rings. The molecule has 1 saturated heterocycles. The molecule has 4 rings (SSSR count). The number of benzene rings is 3. The second-order valence-electron chi connectivity index (χ2n) is 7.39. The summed E-state index contributed by atoms with van der Waals surface area (Å²) >= 11 is 5.59. The van der Waals surface area contributed by atoms with Crippen LogP contribution in [0.15, 0.2) is 70.7 Å². The van der Waals surface area contributed by atoms with E-state index in [9.17, 15) is 19.5 Å². The topological polar surface area (TPSA) is 105 Å². The van der Waals surface area contributed by atoms with Crippen molar-refractivity contribution >= 4 is 68.1 Å². The third-order valence-electron chi connectivity index (χ3n) is 5.10. The lowest BCUT2D eigenvalue weighted by molar-refractivity contribution is -0.122. The fourth-order valence-electron chi connectivity index (χ4n) is 3.39. The smallest absolute Gasteiger partial charge is 0.335 e. The number of rotatable bonds is 6. The van der Waals surface area contributed by atoms with Crippen molar-refractivity contribution in [1.29, 1.82) is 0 Å². The van der Waals surface area contributed by atoms with Gasteiger partial charge in [-0.05, 0) is 76.7 Å². The van der Waals surface area contributed by atoms with Crippen LogP contribution in [0.2, 0.25) is 0 Å². The number of imide groups is 2. The minimum atomic E-state index is -0.870. The molecule has 3 aromatic carbocycles. The summed E-state index contributed by atoms with van der Waals surface area (Å²) in [7, 11) is 1.50. The predicted octanol–water partition coefficient (Wildman–Crippen LogP) is 5.01. The molecule has 8 nitrogen and oxygen atoms in total. The Morgan fingerprint density at radius 2 is 1.80 bits per heavy atom. The summed E-state index contributed by atoms with van der Waals surface area (Å²) in [4.78, 5) is 38.8. The van der Waals surface area contributed by atoms with Crippen LogP contribution in [0.25, 0.3) is 6.08 Å². The number of hydrogen-bond acceptors (Lipinski definition) is 6. The Labute approximate surface area is 222 Å². The van der Waals surface area contributed by atoms with Crippen molar-refractivity contribution in [3.63, 3.8) is 0 Å². The van der Waals surface area contributed by atoms with Gasteiger partial charge >= 0.3 is 6.03 Å². The molecule has 1 fully saturated rings. The van der Waals surface area contributed by atoms with E-state index in [0.29, 0.717) is 27.2 Å². The average Bonchev–Trinajstić information content (AvgIpc) is 2.83. The zero-order valence-corrected chi connectivity index (χ0v) is 22.0. The number of ether oxygens (including phenoxy) is 2. The highest BCUT2D eigenvalue weighted by molar-refractivity contribution is 14.1. The largest absolute Gasteiger partial charge is 0.508 e. The number of aromatic hydroxyl groups is 1. The lowest BCUT2D eigenvalue weighted by Gasteiger charge is -2.26. The quantitative estimate of drug-likeness (QED) is 0.221. The first-order chi connectivity index (χ1) is 16.8. The molecule has 4 amide bonds. The van der Waals surface area contributed by atoms with Crippen LogP contribution < -0.4 is 19.7 Å². The lowest BCUT2D eigenvalue weighted by Crippen LogP contribution is -2.54. The van der Waals surface area contributed by atoms with Crippen molar-refractivity contribution in [2.24, 2.45) is 0 Å². The summed E-state index contributed by atoms with van der Waals surface area (Å²) in [5.41, 5.74) is 1.46. The Morgan fingerprint density at radius 3 is 2.49 bits per heavy atom. The summed E-state index contributed by atoms with van der Waals surface area (Å²) in [6.07, 6.45) is 1.39. The molecular formula is C25H18BrIN2O6. The van der Waals surface area contributed by atoms with Gasteiger partial charge in [-0.15, -0.1) is 0 Å². The van der Waals surface area contributed by atoms with Crippen LogP contribution in [0.5, 0.6) is 17.2 Å². The average molecular weight is 649 g/mol. The van der Waals surface area contributed by atoms with E-state index in [-0.39, 0.29) is 17.0 Å². The van der Waals surface area contributed by atoms with Crippen molar-refractivity contribution in [2.45, 2.75) is 6.61 Å². The maximum absolute atomic E-state index is 13.1. The number of anilines is 1. The second-order valence-corrected chi connectivity index (χ2v) is 9.40. The second kappa shape index (κ2) is 10.5. The molecule has 0 aromatic heterocycles. The molecule has 2 N–H and O–H groups in total. The molecule has 10 heteroatoms. The minimum Gasteiger partial charge on any atom is -0.508 e. The number of urea groups is 1. The van der Waals surface area contributed by atoms with Crippen LogP contribution in [0.3, 0.4) is 0 Å². The van der Waals surface area contributed by atoms with E-state index >= 15 is 0 Å². The fraction of sp³-hybridized carbons (Fsp3) is 0.0800. The van der Waals surface area contributed by atoms with Crippen molar-refractivity contribution in [3.05, 3.63) is 85.4 Å². The number of methoxy groups -OCH3 is 1. The SMILES string of the molecule is COc1cc(/C=C2\C(=O)NC(=O)N(c3ccc(O)cc3)C2=O)cc(I)c1OCc1ccccc1Br. The van der Waals surface area contributed by atoms with Crippen LogP contribution in [0.1, 0.15) is 11.1 Å². The first-order valence-electron chi connectivity index (χ1n) is 10.2. The third-order valence-corrected chi connectivity index (χ3v) is 6.68. The molecule has 178 valence electrons. The molecule has 1 aliphatic heterocycles. The van der Waals surface area contributed by atoms with E-state index in [1.54, 1.807) is 12.1 Å². The van der Waals surface area contributed by atoms with Gasteiger partial charge in [0.2, 0.25) is 0 Å². The maximum atomic E-state index is 13.1. The number of carbonyl (C=O) groups excluding carboxylic acids is 3. The van der Waals surface area contributed by atoms with E-state index in [4.69, 9.17) is 9.47 Å². The Morgan fingerprint density at radius 1 is 1.09 bits per heavy atom. The zero-order chi connectivity index (χ0) is 25.1. The Hall–Kier alpha value is -3.38. The fourth-order valence-corrected chi connectivity index (χ4v) is 4.57. The van der Waals surface area contributed by atoms with Gasteiger partial charge < -0.3 is 14.6 Å². The third kappa shape index (κ3) is 5.33. The molecule has 0 radical (unpaired) electrons. The number of halogens is 2. The maximum Gasteiger partial charge on any atom is 0.335 e. The van der Waals surface area contributed by atoms with E-state index in [2.05, 4.69) is 43.8 Å². The molecule has 0 unspecified atom stereocenters. The van der Waals surface area contributed by atoms with Crippen LogP contribution in [-0.4, -0.2) is 30.1 Å². The van der Waals surface area contributed by atoms with Crippen molar-refractivity contribution in [2.75, 3.05) is 12.0 Å². The molecule has 0 bridgehead atoms. The summed E-state index contributed by atoms with van der Waals surface area (Å²) in [5.74, 6) is -0.669. The Bertz CT molecular complexity index is 1360. The van der Waals surface area contributed by atoms with Crippen molar-refractivity contribution < 1.29 is 29.0 Å². The zero-order valence-electron chi connectivity index (χ0n) is 18.2. The van der Waals surface area contributed by atoms with Gasteiger partial charge in [0.25, 0.3) is 11.8 Å². The van der Waals surface area contributed by atoms with Crippen LogP contribution in [-0.2, 0) is 16.2 Å². The van der Waals surface area contributed by atoms with Gasteiger partial charge in [-0.1, -0.05) is 34.1 Å². The highest BCUT2D eigenvalue weighted by Crippen LogP contribution is 2.36. The van der Waals surface area contributed by atoms with Crippen LogP contribution in [0.4, 0.5) is 10.5 Å². The molecule has 3 aromatic rings. The van der Waals surface area contributed by atoms with Gasteiger partial charge in [-0.25, -0.2) is 9.69 Å². The standard InChI is InChI=1S/C25H18BrIN2O6/c1-34-21-12-14(11-20(27)22(21)35-13-15-4-2-3-5-19(15)26)10-18-23(31)28-25(33)29(24(18)32)16-6-8-17(30)9-7-16/h2-12,30H,13H2,1H3,(H,28,31,33)/b18-10+. The summed E-state index contributed by atoms with van der Waals surface area (Å²) in [5, 5.41) is 11.7. The van der Waals surface area contributed by atoms with Gasteiger partial charge in [0.05, 0.1) is 16.4 Å². The van der Waals surface area contributed by atoms with Crippen molar-refractivity contribution in [3.8, 4) is 17.2 Å². The van der Waals surface area contributed by atoms with Gasteiger partial charge in [-0.2, -0.15) is 0 Å². The van der Waals surface area contributed by atoms with Gasteiger partial charge in [0, 0.05) is 10.0 Å². The summed E-state index contributed by atoms with van der Waals surface area (Å²) in [6.45, 7) is 0.304. The number of phenols is 1. The number of nitrogens with zero attached hydrogens (tertiary/aromatic N) is 1. The van der Waals surface area contributed by atoms with Gasteiger partial charge in [0.15, 0.2) is 11.5 Å². The predicted molar refractivity (Wildman–Crippen MR) is 141 cm³/mol. The minimum absolute atomic E-state index is 0.0194. The van der Waals surface area contributed by atoms with Crippen LogP contribution in [0, 0.1) is 3.57 Å². The summed E-state index contributed by atoms with van der Waals surface area (Å²) < 4.78 is 13.1. The highest BCUT2D eigenvalue weighted by atomic mass is 127. The van der Waals surface area contributed by atoms with Crippen molar-refractivity contribution in [1.82, 2.24) is 5.32 Å². The van der Waals surface area contributed by atoms with Gasteiger partial charge in [0.1, 0.15) is 17.9 Å². The molecule has 0 spiro atoms. The number of phenolic OH excluding ortho intramolecular Hbond substituents is 1. The van der Waals surface area contributed by atoms with E-state index in [0.717, 1.165) is 14.9 Å². The van der Waals surface area contributed by atoms with Gasteiger partial charge in [-0.3, -0.25) is 14.9 Å². The molecular weight excluding hydrogens is 631 g/mol. The number of carbonyl (C=O) groups is 3. The van der Waals surface area contributed by atoms with E-state index < -0.39 is 17.8 Å². The number of hydrogen-bond donors (Lipinski definition) is 2. The molecule has 0 saturated carbocycles. The molecule has 1 heterocycles. The highest BCUT2D eigenvalue weighted by Gasteiger charge is 2.36. The normalized spacial score (nSPS) is 14.8. The number of amides is 4. The Balaban J connectivity index is 1.64. The molecule has 0 atom stereocenters. The Kier molecular flexibility index (Phi) is 7.41. The van der Waals surface area contributed by atoms with E-state index in [1.807, 2.05) is 24.3 Å². The first-order valence-corrected chi connectivity index (χ1v) is 12.1. The number of barbiturate groups is 1. The lowest BCUT2D eigenvalue weighted by atomic mass is 10.1. The monoisotopic (exact) mass is 648 g/mol.